The predicted octanol–water partition coefficient (Wildman–Crippen LogP) is 5.28. The van der Waals surface area contributed by atoms with Crippen molar-refractivity contribution in [3.63, 3.8) is 0 Å². The van der Waals surface area contributed by atoms with Crippen molar-refractivity contribution in [2.24, 2.45) is 0 Å². The van der Waals surface area contributed by atoms with Crippen molar-refractivity contribution in [1.82, 2.24) is 0 Å². The van der Waals surface area contributed by atoms with E-state index in [-0.39, 0.29) is 18.2 Å². The Balaban J connectivity index is 2.66. The number of carbonyl (C=O) groups is 2. The fourth-order valence-corrected chi connectivity index (χ4v) is 1.96. The molecule has 14 heteroatoms. The number of halogens is 10. The number of benzene rings is 1. The Morgan fingerprint density at radius 1 is 0.867 bits per heavy atom. The summed E-state index contributed by atoms with van der Waals surface area (Å²) in [6.45, 7) is -1.89. The van der Waals surface area contributed by atoms with E-state index in [0.717, 1.165) is 0 Å². The van der Waals surface area contributed by atoms with Crippen LogP contribution in [0.3, 0.4) is 0 Å². The zero-order valence-electron chi connectivity index (χ0n) is 14.6. The summed E-state index contributed by atoms with van der Waals surface area (Å²) in [6.07, 6.45) is -16.0. The number of nitrogens with one attached hydrogen (secondary N) is 1. The average Bonchev–Trinajstić information content (AvgIpc) is 2.58. The Kier molecular flexibility index (Phi) is 8.09. The van der Waals surface area contributed by atoms with Crippen molar-refractivity contribution in [3.8, 4) is 0 Å². The minimum Gasteiger partial charge on any atom is -0.459 e. The van der Waals surface area contributed by atoms with Crippen molar-refractivity contribution < 1.29 is 58.2 Å². The van der Waals surface area contributed by atoms with Gasteiger partial charge in [-0.2, -0.15) is 35.1 Å². The summed E-state index contributed by atoms with van der Waals surface area (Å²) in [6, 6.07) is 0.405. The lowest BCUT2D eigenvalue weighted by Gasteiger charge is -2.15. The van der Waals surface area contributed by atoms with Crippen LogP contribution in [-0.4, -0.2) is 30.8 Å². The Labute approximate surface area is 162 Å². The molecule has 1 aromatic rings. The molecule has 1 aromatic carbocycles. The van der Waals surface area contributed by atoms with Gasteiger partial charge < -0.3 is 10.1 Å². The quantitative estimate of drug-likeness (QED) is 0.427. The Hall–Kier alpha value is -2.54. The van der Waals surface area contributed by atoms with E-state index in [9.17, 15) is 53.5 Å². The van der Waals surface area contributed by atoms with Crippen molar-refractivity contribution >= 4 is 17.6 Å². The molecule has 0 heterocycles. The van der Waals surface area contributed by atoms with E-state index in [1.54, 1.807) is 5.32 Å². The first-order valence-corrected chi connectivity index (χ1v) is 7.93. The number of ether oxygens (including phenoxy) is 1. The molecule has 0 bridgehead atoms. The second-order valence-corrected chi connectivity index (χ2v) is 5.92. The SMILES string of the molecule is O=C(CCCC(=O)OCC(F)(F)C(F)F)Nc1cc(C(F)(F)F)cc(C(F)(F)F)c1. The maximum Gasteiger partial charge on any atom is 0.416 e. The topological polar surface area (TPSA) is 55.4 Å². The normalized spacial score (nSPS) is 12.8. The van der Waals surface area contributed by atoms with Crippen LogP contribution in [0.1, 0.15) is 30.4 Å². The van der Waals surface area contributed by atoms with Crippen LogP contribution in [0, 0.1) is 0 Å². The van der Waals surface area contributed by atoms with Crippen LogP contribution in [0.5, 0.6) is 0 Å². The van der Waals surface area contributed by atoms with Gasteiger partial charge in [-0.1, -0.05) is 0 Å². The number of esters is 1. The molecule has 1 N–H and O–H groups in total. The third-order valence-electron chi connectivity index (χ3n) is 3.40. The molecule has 4 nitrogen and oxygen atoms in total. The summed E-state index contributed by atoms with van der Waals surface area (Å²) in [7, 11) is 0. The van der Waals surface area contributed by atoms with E-state index < -0.39 is 79.3 Å². The molecule has 0 saturated carbocycles. The lowest BCUT2D eigenvalue weighted by molar-refractivity contribution is -0.179. The van der Waals surface area contributed by atoms with Crippen LogP contribution in [0.2, 0.25) is 0 Å². The molecular weight excluding hydrogens is 444 g/mol. The lowest BCUT2D eigenvalue weighted by atomic mass is 10.1. The molecule has 0 saturated heterocycles. The summed E-state index contributed by atoms with van der Waals surface area (Å²) in [5.74, 6) is -6.98. The molecule has 30 heavy (non-hydrogen) atoms. The largest absolute Gasteiger partial charge is 0.459 e. The molecule has 0 aliphatic heterocycles. The minimum atomic E-state index is -5.12. The number of alkyl halides is 10. The maximum absolute atomic E-state index is 12.7. The molecule has 0 aliphatic rings. The van der Waals surface area contributed by atoms with Gasteiger partial charge in [0.1, 0.15) is 0 Å². The Morgan fingerprint density at radius 3 is 1.80 bits per heavy atom. The minimum absolute atomic E-state index is 0.138. The standard InChI is InChI=1S/C16H13F10NO3/c17-13(18)14(19,20)7-30-12(29)3-1-2-11(28)27-10-5-8(15(21,22)23)4-9(6-10)16(24,25)26/h4-6,13H,1-3,7H2,(H,27,28). The molecule has 1 amide bonds. The molecule has 0 atom stereocenters. The lowest BCUT2D eigenvalue weighted by Crippen LogP contribution is -2.33. The van der Waals surface area contributed by atoms with Crippen molar-refractivity contribution in [1.29, 1.82) is 0 Å². The van der Waals surface area contributed by atoms with E-state index in [2.05, 4.69) is 4.74 Å². The molecule has 0 fully saturated rings. The van der Waals surface area contributed by atoms with E-state index in [1.165, 1.54) is 0 Å². The van der Waals surface area contributed by atoms with Crippen LogP contribution in [0.25, 0.3) is 0 Å². The molecular formula is C16H13F10NO3. The van der Waals surface area contributed by atoms with E-state index >= 15 is 0 Å². The maximum atomic E-state index is 12.7. The number of amides is 1. The highest BCUT2D eigenvalue weighted by atomic mass is 19.4. The fraction of sp³-hybridized carbons (Fsp3) is 0.500. The first-order chi connectivity index (χ1) is 13.5. The molecule has 0 spiro atoms. The van der Waals surface area contributed by atoms with Gasteiger partial charge in [0.05, 0.1) is 11.1 Å². The average molecular weight is 457 g/mol. The number of carbonyl (C=O) groups excluding carboxylic acids is 2. The number of hydrogen-bond donors (Lipinski definition) is 1. The zero-order valence-corrected chi connectivity index (χ0v) is 14.6. The summed E-state index contributed by atoms with van der Waals surface area (Å²) < 4.78 is 129. The van der Waals surface area contributed by atoms with Gasteiger partial charge >= 0.3 is 30.7 Å². The van der Waals surface area contributed by atoms with Gasteiger partial charge in [-0.15, -0.1) is 0 Å². The second-order valence-electron chi connectivity index (χ2n) is 5.92. The molecule has 0 radical (unpaired) electrons. The van der Waals surface area contributed by atoms with Crippen LogP contribution in [-0.2, 0) is 26.7 Å². The summed E-state index contributed by atoms with van der Waals surface area (Å²) >= 11 is 0. The molecule has 0 unspecified atom stereocenters. The summed E-state index contributed by atoms with van der Waals surface area (Å²) in [4.78, 5) is 22.9. The monoisotopic (exact) mass is 457 g/mol. The highest BCUT2D eigenvalue weighted by Crippen LogP contribution is 2.37. The van der Waals surface area contributed by atoms with Gasteiger partial charge in [-0.05, 0) is 24.6 Å². The highest BCUT2D eigenvalue weighted by Gasteiger charge is 2.42. The van der Waals surface area contributed by atoms with Gasteiger partial charge in [-0.25, -0.2) is 8.78 Å². The molecule has 0 aliphatic carbocycles. The van der Waals surface area contributed by atoms with Crippen LogP contribution in [0.4, 0.5) is 49.6 Å². The summed E-state index contributed by atoms with van der Waals surface area (Å²) in [5.41, 5.74) is -4.12. The third kappa shape index (κ3) is 8.06. The molecule has 0 aromatic heterocycles. The van der Waals surface area contributed by atoms with Crippen molar-refractivity contribution in [3.05, 3.63) is 29.3 Å². The molecule has 1 rings (SSSR count). The predicted molar refractivity (Wildman–Crippen MR) is 80.8 cm³/mol. The van der Waals surface area contributed by atoms with Crippen LogP contribution < -0.4 is 5.32 Å². The number of anilines is 1. The third-order valence-corrected chi connectivity index (χ3v) is 3.40. The van der Waals surface area contributed by atoms with E-state index in [4.69, 9.17) is 0 Å². The Bertz CT molecular complexity index is 726. The first kappa shape index (κ1) is 25.5. The summed E-state index contributed by atoms with van der Waals surface area (Å²) in [5, 5.41) is 1.80. The number of rotatable bonds is 8. The fourth-order valence-electron chi connectivity index (χ4n) is 1.96. The van der Waals surface area contributed by atoms with Gasteiger partial charge in [0.25, 0.3) is 0 Å². The number of hydrogen-bond acceptors (Lipinski definition) is 3. The van der Waals surface area contributed by atoms with Crippen LogP contribution >= 0.6 is 0 Å². The van der Waals surface area contributed by atoms with Crippen molar-refractivity contribution in [2.45, 2.75) is 44.0 Å². The highest BCUT2D eigenvalue weighted by molar-refractivity contribution is 5.91. The second kappa shape index (κ2) is 9.51. The van der Waals surface area contributed by atoms with Gasteiger partial charge in [0, 0.05) is 18.5 Å². The van der Waals surface area contributed by atoms with Crippen molar-refractivity contribution in [2.75, 3.05) is 11.9 Å². The van der Waals surface area contributed by atoms with Gasteiger partial charge in [0.15, 0.2) is 6.61 Å². The van der Waals surface area contributed by atoms with Gasteiger partial charge in [0.2, 0.25) is 5.91 Å². The first-order valence-electron chi connectivity index (χ1n) is 7.93. The zero-order chi connectivity index (χ0) is 23.3. The van der Waals surface area contributed by atoms with Gasteiger partial charge in [-0.3, -0.25) is 9.59 Å². The Morgan fingerprint density at radius 2 is 1.37 bits per heavy atom. The smallest absolute Gasteiger partial charge is 0.416 e. The van der Waals surface area contributed by atoms with Crippen LogP contribution in [0.15, 0.2) is 18.2 Å². The molecule has 170 valence electrons. The van der Waals surface area contributed by atoms with E-state index in [1.807, 2.05) is 0 Å². The van der Waals surface area contributed by atoms with E-state index in [0.29, 0.717) is 0 Å².